The van der Waals surface area contributed by atoms with Crippen LogP contribution in [0.15, 0.2) is 73.1 Å². The van der Waals surface area contributed by atoms with Gasteiger partial charge in [0.2, 0.25) is 0 Å². The average molecular weight is 371 g/mol. The van der Waals surface area contributed by atoms with Gasteiger partial charge < -0.3 is 19.4 Å². The molecule has 0 saturated heterocycles. The summed E-state index contributed by atoms with van der Waals surface area (Å²) in [5, 5.41) is 4.01. The summed E-state index contributed by atoms with van der Waals surface area (Å²) in [4.78, 5) is 17.1. The highest BCUT2D eigenvalue weighted by atomic mass is 16.6. The third kappa shape index (κ3) is 2.95. The Labute approximate surface area is 161 Å². The molecule has 0 bridgehead atoms. The van der Waals surface area contributed by atoms with Crippen molar-refractivity contribution in [1.29, 1.82) is 0 Å². The lowest BCUT2D eigenvalue weighted by Crippen LogP contribution is -2.17. The highest BCUT2D eigenvalue weighted by Crippen LogP contribution is 2.31. The van der Waals surface area contributed by atoms with Gasteiger partial charge >= 0.3 is 0 Å². The van der Waals surface area contributed by atoms with E-state index in [1.165, 1.54) is 0 Å². The van der Waals surface area contributed by atoms with Crippen molar-refractivity contribution in [3.63, 3.8) is 0 Å². The number of amides is 1. The summed E-state index contributed by atoms with van der Waals surface area (Å²) in [5.74, 6) is 1.05. The van der Waals surface area contributed by atoms with Crippen molar-refractivity contribution < 1.29 is 14.3 Å². The standard InChI is InChI=1S/C22H17N3O3/c26-22(16-6-7-19-20(13-16)28-12-11-27-19)24-17-4-1-5-18(14-17)25-10-8-15-3-2-9-23-21(15)25/h1-10,13-14H,11-12H2,(H,24,26). The van der Waals surface area contributed by atoms with Gasteiger partial charge in [-0.15, -0.1) is 0 Å². The number of anilines is 1. The second-order valence-electron chi connectivity index (χ2n) is 6.46. The first-order valence-electron chi connectivity index (χ1n) is 9.01. The molecule has 0 radical (unpaired) electrons. The van der Waals surface area contributed by atoms with Gasteiger partial charge in [-0.3, -0.25) is 4.79 Å². The van der Waals surface area contributed by atoms with Crippen molar-refractivity contribution in [2.45, 2.75) is 0 Å². The molecule has 1 aliphatic heterocycles. The fourth-order valence-corrected chi connectivity index (χ4v) is 3.30. The summed E-state index contributed by atoms with van der Waals surface area (Å²) in [5.41, 5.74) is 3.02. The quantitative estimate of drug-likeness (QED) is 0.590. The van der Waals surface area contributed by atoms with Crippen molar-refractivity contribution in [3.05, 3.63) is 78.6 Å². The van der Waals surface area contributed by atoms with Crippen molar-refractivity contribution >= 4 is 22.6 Å². The molecular weight excluding hydrogens is 354 g/mol. The largest absolute Gasteiger partial charge is 0.486 e. The molecule has 3 heterocycles. The molecule has 28 heavy (non-hydrogen) atoms. The van der Waals surface area contributed by atoms with Gasteiger partial charge in [0.1, 0.15) is 18.9 Å². The van der Waals surface area contributed by atoms with Crippen LogP contribution in [0.2, 0.25) is 0 Å². The molecule has 0 unspecified atom stereocenters. The Bertz CT molecular complexity index is 1180. The first-order valence-corrected chi connectivity index (χ1v) is 9.01. The predicted molar refractivity (Wildman–Crippen MR) is 106 cm³/mol. The number of carbonyl (C=O) groups is 1. The molecule has 0 aliphatic carbocycles. The summed E-state index contributed by atoms with van der Waals surface area (Å²) in [6, 6.07) is 18.8. The third-order valence-corrected chi connectivity index (χ3v) is 4.63. The van der Waals surface area contributed by atoms with E-state index in [0.29, 0.717) is 36.0 Å². The maximum absolute atomic E-state index is 12.7. The molecule has 2 aromatic heterocycles. The number of nitrogens with zero attached hydrogens (tertiary/aromatic N) is 2. The van der Waals surface area contributed by atoms with Crippen LogP contribution >= 0.6 is 0 Å². The minimum absolute atomic E-state index is 0.204. The lowest BCUT2D eigenvalue weighted by atomic mass is 10.1. The van der Waals surface area contributed by atoms with Crippen molar-refractivity contribution in [1.82, 2.24) is 9.55 Å². The summed E-state index contributed by atoms with van der Waals surface area (Å²) >= 11 is 0. The number of ether oxygens (including phenoxy) is 2. The van der Waals surface area contributed by atoms with E-state index in [1.54, 1.807) is 24.4 Å². The Morgan fingerprint density at radius 2 is 1.86 bits per heavy atom. The average Bonchev–Trinajstić information content (AvgIpc) is 3.18. The van der Waals surface area contributed by atoms with Crippen LogP contribution in [0.4, 0.5) is 5.69 Å². The van der Waals surface area contributed by atoms with Gasteiger partial charge in [0, 0.05) is 34.7 Å². The smallest absolute Gasteiger partial charge is 0.255 e. The Balaban J connectivity index is 1.42. The van der Waals surface area contributed by atoms with Crippen LogP contribution in [-0.4, -0.2) is 28.7 Å². The number of pyridine rings is 1. The van der Waals surface area contributed by atoms with Crippen molar-refractivity contribution in [3.8, 4) is 17.2 Å². The molecule has 1 aliphatic rings. The summed E-state index contributed by atoms with van der Waals surface area (Å²) < 4.78 is 13.1. The molecule has 1 amide bonds. The van der Waals surface area contributed by atoms with Crippen LogP contribution in [0.3, 0.4) is 0 Å². The van der Waals surface area contributed by atoms with E-state index in [4.69, 9.17) is 9.47 Å². The zero-order valence-corrected chi connectivity index (χ0v) is 15.0. The van der Waals surface area contributed by atoms with Crippen molar-refractivity contribution in [2.24, 2.45) is 0 Å². The number of nitrogens with one attached hydrogen (secondary N) is 1. The third-order valence-electron chi connectivity index (χ3n) is 4.63. The predicted octanol–water partition coefficient (Wildman–Crippen LogP) is 4.05. The number of carbonyl (C=O) groups excluding carboxylic acids is 1. The maximum atomic E-state index is 12.7. The van der Waals surface area contributed by atoms with E-state index >= 15 is 0 Å². The monoisotopic (exact) mass is 371 g/mol. The first kappa shape index (κ1) is 16.4. The fourth-order valence-electron chi connectivity index (χ4n) is 3.30. The maximum Gasteiger partial charge on any atom is 0.255 e. The molecule has 0 spiro atoms. The first-order chi connectivity index (χ1) is 13.8. The van der Waals surface area contributed by atoms with Gasteiger partial charge in [0.05, 0.1) is 0 Å². The highest BCUT2D eigenvalue weighted by molar-refractivity contribution is 6.04. The normalized spacial score (nSPS) is 12.7. The molecule has 1 N–H and O–H groups in total. The molecule has 0 saturated carbocycles. The van der Waals surface area contributed by atoms with Crippen LogP contribution in [-0.2, 0) is 0 Å². The van der Waals surface area contributed by atoms with Gasteiger partial charge in [-0.05, 0) is 54.6 Å². The highest BCUT2D eigenvalue weighted by Gasteiger charge is 2.15. The van der Waals surface area contributed by atoms with Gasteiger partial charge in [-0.1, -0.05) is 6.07 Å². The minimum Gasteiger partial charge on any atom is -0.486 e. The lowest BCUT2D eigenvalue weighted by Gasteiger charge is -2.18. The molecule has 6 heteroatoms. The Morgan fingerprint density at radius 1 is 0.964 bits per heavy atom. The number of hydrogen-bond acceptors (Lipinski definition) is 4. The van der Waals surface area contributed by atoms with Gasteiger partial charge in [0.15, 0.2) is 11.5 Å². The molecule has 138 valence electrons. The van der Waals surface area contributed by atoms with Crippen LogP contribution in [0.5, 0.6) is 11.5 Å². The minimum atomic E-state index is -0.204. The van der Waals surface area contributed by atoms with Crippen LogP contribution in [0.1, 0.15) is 10.4 Å². The summed E-state index contributed by atoms with van der Waals surface area (Å²) in [7, 11) is 0. The molecular formula is C22H17N3O3. The second-order valence-corrected chi connectivity index (χ2v) is 6.46. The van der Waals surface area contributed by atoms with E-state index in [-0.39, 0.29) is 5.91 Å². The SMILES string of the molecule is O=C(Nc1cccc(-n2ccc3cccnc32)c1)c1ccc2c(c1)OCCO2. The fraction of sp³-hybridized carbons (Fsp3) is 0.0909. The number of fused-ring (bicyclic) bond motifs is 2. The van der Waals surface area contributed by atoms with Crippen LogP contribution in [0.25, 0.3) is 16.7 Å². The topological polar surface area (TPSA) is 65.4 Å². The summed E-state index contributed by atoms with van der Waals surface area (Å²) in [6.45, 7) is 1.01. The molecule has 2 aromatic carbocycles. The number of benzene rings is 2. The van der Waals surface area contributed by atoms with Crippen molar-refractivity contribution in [2.75, 3.05) is 18.5 Å². The van der Waals surface area contributed by atoms with Gasteiger partial charge in [0.25, 0.3) is 5.91 Å². The van der Waals surface area contributed by atoms with E-state index in [2.05, 4.69) is 10.3 Å². The molecule has 0 atom stereocenters. The number of aromatic nitrogens is 2. The van der Waals surface area contributed by atoms with Gasteiger partial charge in [-0.2, -0.15) is 0 Å². The van der Waals surface area contributed by atoms with Gasteiger partial charge in [-0.25, -0.2) is 4.98 Å². The molecule has 6 nitrogen and oxygen atoms in total. The second kappa shape index (κ2) is 6.74. The Hall–Kier alpha value is -3.80. The Kier molecular flexibility index (Phi) is 3.94. The van der Waals surface area contributed by atoms with Crippen LogP contribution < -0.4 is 14.8 Å². The van der Waals surface area contributed by atoms with E-state index in [9.17, 15) is 4.79 Å². The van der Waals surface area contributed by atoms with E-state index in [0.717, 1.165) is 16.7 Å². The summed E-state index contributed by atoms with van der Waals surface area (Å²) in [6.07, 6.45) is 3.74. The zero-order valence-electron chi connectivity index (χ0n) is 15.0. The van der Waals surface area contributed by atoms with E-state index in [1.807, 2.05) is 53.2 Å². The number of rotatable bonds is 3. The Morgan fingerprint density at radius 3 is 2.79 bits per heavy atom. The molecule has 4 aromatic rings. The van der Waals surface area contributed by atoms with Crippen LogP contribution in [0, 0.1) is 0 Å². The zero-order chi connectivity index (χ0) is 18.9. The number of hydrogen-bond donors (Lipinski definition) is 1. The molecule has 0 fully saturated rings. The lowest BCUT2D eigenvalue weighted by molar-refractivity contribution is 0.102. The van der Waals surface area contributed by atoms with E-state index < -0.39 is 0 Å². The molecule has 5 rings (SSSR count).